The van der Waals surface area contributed by atoms with Gasteiger partial charge < -0.3 is 9.32 Å². The van der Waals surface area contributed by atoms with E-state index in [0.717, 1.165) is 36.2 Å². The number of amides is 1. The van der Waals surface area contributed by atoms with Crippen molar-refractivity contribution in [1.29, 1.82) is 0 Å². The number of benzene rings is 1. The van der Waals surface area contributed by atoms with Gasteiger partial charge in [-0.2, -0.15) is 0 Å². The van der Waals surface area contributed by atoms with Crippen LogP contribution < -0.4 is 9.62 Å². The van der Waals surface area contributed by atoms with Gasteiger partial charge in [-0.3, -0.25) is 4.79 Å². The van der Waals surface area contributed by atoms with Gasteiger partial charge in [0.15, 0.2) is 0 Å². The Morgan fingerprint density at radius 3 is 2.71 bits per heavy atom. The predicted molar refractivity (Wildman–Crippen MR) is 88.2 cm³/mol. The average molecular weight is 346 g/mol. The predicted octanol–water partition coefficient (Wildman–Crippen LogP) is 1.98. The lowest BCUT2D eigenvalue weighted by atomic mass is 9.92. The van der Waals surface area contributed by atoms with Crippen molar-refractivity contribution in [1.82, 2.24) is 4.72 Å². The van der Waals surface area contributed by atoms with Crippen LogP contribution in [0.2, 0.25) is 0 Å². The van der Waals surface area contributed by atoms with Crippen LogP contribution in [0.1, 0.15) is 29.7 Å². The summed E-state index contributed by atoms with van der Waals surface area (Å²) in [5.41, 5.74) is 2.83. The van der Waals surface area contributed by atoms with Gasteiger partial charge >= 0.3 is 0 Å². The van der Waals surface area contributed by atoms with Gasteiger partial charge in [-0.05, 0) is 54.7 Å². The van der Waals surface area contributed by atoms with Crippen LogP contribution in [0.25, 0.3) is 0 Å². The van der Waals surface area contributed by atoms with Crippen molar-refractivity contribution in [2.75, 3.05) is 11.4 Å². The third-order valence-electron chi connectivity index (χ3n) is 4.58. The molecule has 0 unspecified atom stereocenters. The van der Waals surface area contributed by atoms with Gasteiger partial charge in [0.05, 0.1) is 23.4 Å². The molecule has 0 saturated heterocycles. The summed E-state index contributed by atoms with van der Waals surface area (Å²) < 4.78 is 33.0. The van der Waals surface area contributed by atoms with E-state index in [1.54, 1.807) is 24.3 Å². The van der Waals surface area contributed by atoms with Gasteiger partial charge in [-0.25, -0.2) is 13.1 Å². The molecule has 2 aliphatic rings. The van der Waals surface area contributed by atoms with Crippen LogP contribution in [0.15, 0.2) is 39.8 Å². The lowest BCUT2D eigenvalue weighted by Crippen LogP contribution is -2.39. The molecule has 24 heavy (non-hydrogen) atoms. The van der Waals surface area contributed by atoms with Crippen LogP contribution >= 0.6 is 0 Å². The van der Waals surface area contributed by atoms with Crippen LogP contribution in [-0.4, -0.2) is 20.9 Å². The number of carbonyl (C=O) groups excluding carboxylic acids is 1. The average Bonchev–Trinajstić information content (AvgIpc) is 3.10. The van der Waals surface area contributed by atoms with E-state index in [9.17, 15) is 13.2 Å². The fourth-order valence-electron chi connectivity index (χ4n) is 3.44. The first-order valence-electron chi connectivity index (χ1n) is 8.03. The van der Waals surface area contributed by atoms with Crippen LogP contribution in [0.3, 0.4) is 0 Å². The zero-order chi connectivity index (χ0) is 16.7. The molecule has 2 aliphatic heterocycles. The Bertz CT molecular complexity index is 870. The Hall–Kier alpha value is -2.12. The third kappa shape index (κ3) is 2.63. The monoisotopic (exact) mass is 346 g/mol. The van der Waals surface area contributed by atoms with Gasteiger partial charge in [-0.1, -0.05) is 0 Å². The number of carbonyl (C=O) groups is 1. The van der Waals surface area contributed by atoms with E-state index in [4.69, 9.17) is 4.42 Å². The number of sulfonamides is 1. The summed E-state index contributed by atoms with van der Waals surface area (Å²) >= 11 is 0. The molecule has 3 heterocycles. The van der Waals surface area contributed by atoms with Gasteiger partial charge in [0.1, 0.15) is 5.76 Å². The van der Waals surface area contributed by atoms with E-state index >= 15 is 0 Å². The largest absolute Gasteiger partial charge is 0.468 e. The quantitative estimate of drug-likeness (QED) is 0.918. The van der Waals surface area contributed by atoms with Crippen molar-refractivity contribution < 1.29 is 17.6 Å². The SMILES string of the molecule is O=C1CCc2cc(S(=O)(=O)NCc3ccco3)cc3c2N1CCC3. The zero-order valence-corrected chi connectivity index (χ0v) is 13.9. The topological polar surface area (TPSA) is 79.6 Å². The lowest BCUT2D eigenvalue weighted by molar-refractivity contribution is -0.119. The van der Waals surface area contributed by atoms with Gasteiger partial charge in [0.25, 0.3) is 0 Å². The first-order valence-corrected chi connectivity index (χ1v) is 9.51. The standard InChI is InChI=1S/C17H18N2O4S/c20-16-6-5-13-10-15(9-12-3-1-7-19(16)17(12)13)24(21,22)18-11-14-4-2-8-23-14/h2,4,8-10,18H,1,3,5-7,11H2. The highest BCUT2D eigenvalue weighted by Crippen LogP contribution is 2.37. The van der Waals surface area contributed by atoms with Crippen molar-refractivity contribution in [2.45, 2.75) is 37.1 Å². The molecule has 1 amide bonds. The smallest absolute Gasteiger partial charge is 0.240 e. The molecule has 7 heteroatoms. The van der Waals surface area contributed by atoms with Crippen molar-refractivity contribution >= 4 is 21.6 Å². The third-order valence-corrected chi connectivity index (χ3v) is 5.96. The molecule has 4 rings (SSSR count). The summed E-state index contributed by atoms with van der Waals surface area (Å²) in [6.45, 7) is 0.841. The Balaban J connectivity index is 1.68. The number of furan rings is 1. The van der Waals surface area contributed by atoms with Gasteiger partial charge in [0, 0.05) is 13.0 Å². The molecule has 0 radical (unpaired) electrons. The maximum Gasteiger partial charge on any atom is 0.240 e. The van der Waals surface area contributed by atoms with Crippen molar-refractivity contribution in [3.05, 3.63) is 47.4 Å². The molecule has 0 fully saturated rings. The number of nitrogens with one attached hydrogen (secondary N) is 1. The van der Waals surface area contributed by atoms with E-state index in [-0.39, 0.29) is 17.3 Å². The van der Waals surface area contributed by atoms with E-state index in [1.165, 1.54) is 6.26 Å². The highest BCUT2D eigenvalue weighted by atomic mass is 32.2. The fourth-order valence-corrected chi connectivity index (χ4v) is 4.53. The number of hydrogen-bond acceptors (Lipinski definition) is 4. The summed E-state index contributed by atoms with van der Waals surface area (Å²) in [6, 6.07) is 6.85. The van der Waals surface area contributed by atoms with E-state index in [0.29, 0.717) is 18.6 Å². The molecular formula is C17H18N2O4S. The molecule has 1 aromatic heterocycles. The van der Waals surface area contributed by atoms with Crippen LogP contribution in [0.4, 0.5) is 5.69 Å². The van der Waals surface area contributed by atoms with Crippen LogP contribution in [0, 0.1) is 0 Å². The van der Waals surface area contributed by atoms with Crippen molar-refractivity contribution in [2.24, 2.45) is 0 Å². The Kier molecular flexibility index (Phi) is 3.69. The summed E-state index contributed by atoms with van der Waals surface area (Å²) in [5.74, 6) is 0.699. The van der Waals surface area contributed by atoms with Crippen molar-refractivity contribution in [3.8, 4) is 0 Å². The molecule has 0 saturated carbocycles. The summed E-state index contributed by atoms with van der Waals surface area (Å²) in [6.07, 6.45) is 4.21. The van der Waals surface area contributed by atoms with E-state index in [2.05, 4.69) is 4.72 Å². The Labute approximate surface area is 140 Å². The van der Waals surface area contributed by atoms with E-state index in [1.807, 2.05) is 4.90 Å². The number of aryl methyl sites for hydroxylation is 2. The summed E-state index contributed by atoms with van der Waals surface area (Å²) in [4.78, 5) is 14.1. The summed E-state index contributed by atoms with van der Waals surface area (Å²) in [7, 11) is -3.62. The summed E-state index contributed by atoms with van der Waals surface area (Å²) in [5, 5.41) is 0. The molecular weight excluding hydrogens is 328 g/mol. The second-order valence-corrected chi connectivity index (χ2v) is 7.91. The molecule has 0 spiro atoms. The molecule has 0 atom stereocenters. The van der Waals surface area contributed by atoms with E-state index < -0.39 is 10.0 Å². The minimum Gasteiger partial charge on any atom is -0.468 e. The second kappa shape index (κ2) is 5.75. The molecule has 2 aromatic rings. The number of hydrogen-bond donors (Lipinski definition) is 1. The van der Waals surface area contributed by atoms with Gasteiger partial charge in [0.2, 0.25) is 15.9 Å². The zero-order valence-electron chi connectivity index (χ0n) is 13.1. The number of anilines is 1. The number of rotatable bonds is 4. The van der Waals surface area contributed by atoms with Gasteiger partial charge in [-0.15, -0.1) is 0 Å². The minimum atomic E-state index is -3.62. The Morgan fingerprint density at radius 1 is 1.17 bits per heavy atom. The second-order valence-electron chi connectivity index (χ2n) is 6.14. The highest BCUT2D eigenvalue weighted by Gasteiger charge is 2.31. The first kappa shape index (κ1) is 15.4. The maximum atomic E-state index is 12.6. The fraction of sp³-hybridized carbons (Fsp3) is 0.353. The molecule has 1 N–H and O–H groups in total. The van der Waals surface area contributed by atoms with Crippen LogP contribution in [0.5, 0.6) is 0 Å². The molecule has 0 aliphatic carbocycles. The lowest BCUT2D eigenvalue weighted by Gasteiger charge is -2.35. The Morgan fingerprint density at radius 2 is 1.96 bits per heavy atom. The highest BCUT2D eigenvalue weighted by molar-refractivity contribution is 7.89. The van der Waals surface area contributed by atoms with Crippen molar-refractivity contribution in [3.63, 3.8) is 0 Å². The molecule has 6 nitrogen and oxygen atoms in total. The number of nitrogens with zero attached hydrogens (tertiary/aromatic N) is 1. The molecule has 1 aromatic carbocycles. The normalized spacial score (nSPS) is 17.0. The molecule has 0 bridgehead atoms. The first-order chi connectivity index (χ1) is 11.5. The van der Waals surface area contributed by atoms with Crippen LogP contribution in [-0.2, 0) is 34.2 Å². The molecule has 126 valence electrons. The maximum absolute atomic E-state index is 12.6. The minimum absolute atomic E-state index is 0.117.